The van der Waals surface area contributed by atoms with E-state index in [0.29, 0.717) is 0 Å². The zero-order valence-corrected chi connectivity index (χ0v) is 8.08. The first-order valence-corrected chi connectivity index (χ1v) is 3.24. The molecule has 0 radical (unpaired) electrons. The highest BCUT2D eigenvalue weighted by Crippen LogP contribution is 2.41. The van der Waals surface area contributed by atoms with Crippen LogP contribution in [0.25, 0.3) is 0 Å². The Morgan fingerprint density at radius 2 is 1.47 bits per heavy atom. The molecule has 0 saturated heterocycles. The second kappa shape index (κ2) is 4.87. The van der Waals surface area contributed by atoms with Crippen molar-refractivity contribution in [1.82, 2.24) is 6.15 Å². The van der Waals surface area contributed by atoms with Gasteiger partial charge >= 0.3 is 18.1 Å². The molecule has 0 aromatic heterocycles. The lowest BCUT2D eigenvalue weighted by molar-refractivity contribution is -0.427. The Morgan fingerprint density at radius 3 is 1.65 bits per heavy atom. The average molecular weight is 273 g/mol. The molecular weight excluding hydrogens is 267 g/mol. The highest BCUT2D eigenvalue weighted by molar-refractivity contribution is 5.74. The quantitative estimate of drug-likeness (QED) is 0.786. The van der Waals surface area contributed by atoms with Gasteiger partial charge in [-0.25, -0.2) is 4.39 Å². The van der Waals surface area contributed by atoms with Crippen LogP contribution in [0.1, 0.15) is 0 Å². The Bertz CT molecular complexity index is 315. The topological polar surface area (TPSA) is 85.9 Å². The SMILES string of the molecule is C=C(F)C(F)(F)OC(F)(C(=O)[O-])C(F)(F)F.[NH4+]. The van der Waals surface area contributed by atoms with Gasteiger partial charge in [-0.3, -0.25) is 4.74 Å². The van der Waals surface area contributed by atoms with Crippen molar-refractivity contribution < 1.29 is 45.4 Å². The number of rotatable bonds is 4. The summed E-state index contributed by atoms with van der Waals surface area (Å²) < 4.78 is 86.3. The molecular formula is C6H6F7NO3. The van der Waals surface area contributed by atoms with Gasteiger partial charge in [0.05, 0.1) is 0 Å². The largest absolute Gasteiger partial charge is 0.544 e. The molecule has 0 heterocycles. The Kier molecular flexibility index (Phi) is 5.17. The number of carboxylic acid groups (broad SMARTS) is 1. The lowest BCUT2D eigenvalue weighted by atomic mass is 10.3. The summed E-state index contributed by atoms with van der Waals surface area (Å²) >= 11 is 0. The van der Waals surface area contributed by atoms with Gasteiger partial charge in [-0.05, 0) is 0 Å². The molecule has 1 unspecified atom stereocenters. The highest BCUT2D eigenvalue weighted by Gasteiger charge is 2.64. The van der Waals surface area contributed by atoms with Crippen LogP contribution in [0.4, 0.5) is 30.7 Å². The molecule has 0 aromatic carbocycles. The van der Waals surface area contributed by atoms with Crippen LogP contribution in [0.5, 0.6) is 0 Å². The predicted molar refractivity (Wildman–Crippen MR) is 37.2 cm³/mol. The van der Waals surface area contributed by atoms with E-state index >= 15 is 0 Å². The summed E-state index contributed by atoms with van der Waals surface area (Å²) in [5, 5.41) is 9.75. The smallest absolute Gasteiger partial charge is 0.454 e. The summed E-state index contributed by atoms with van der Waals surface area (Å²) in [5.74, 6) is -12.3. The summed E-state index contributed by atoms with van der Waals surface area (Å²) in [6.45, 7) is 1.86. The Hall–Kier alpha value is -1.36. The van der Waals surface area contributed by atoms with Crippen molar-refractivity contribution in [2.45, 2.75) is 18.1 Å². The molecule has 17 heavy (non-hydrogen) atoms. The zero-order valence-electron chi connectivity index (χ0n) is 8.08. The van der Waals surface area contributed by atoms with Crippen molar-refractivity contribution >= 4 is 5.97 Å². The number of aliphatic carboxylic acids is 1. The molecule has 4 nitrogen and oxygen atoms in total. The zero-order chi connectivity index (χ0) is 13.4. The molecule has 0 bridgehead atoms. The maximum Gasteiger partial charge on any atom is 0.454 e. The Balaban J connectivity index is 0. The van der Waals surface area contributed by atoms with E-state index in [1.54, 1.807) is 0 Å². The Morgan fingerprint density at radius 1 is 1.12 bits per heavy atom. The molecule has 0 amide bonds. The third-order valence-electron chi connectivity index (χ3n) is 1.21. The van der Waals surface area contributed by atoms with E-state index in [1.165, 1.54) is 0 Å². The van der Waals surface area contributed by atoms with Crippen LogP contribution in [0, 0.1) is 0 Å². The van der Waals surface area contributed by atoms with Gasteiger partial charge in [-0.1, -0.05) is 6.58 Å². The molecule has 0 fully saturated rings. The third kappa shape index (κ3) is 3.56. The van der Waals surface area contributed by atoms with Crippen LogP contribution in [0.3, 0.4) is 0 Å². The van der Waals surface area contributed by atoms with Crippen molar-refractivity contribution in [3.8, 4) is 0 Å². The first-order valence-electron chi connectivity index (χ1n) is 3.24. The van der Waals surface area contributed by atoms with E-state index in [0.717, 1.165) is 0 Å². The summed E-state index contributed by atoms with van der Waals surface area (Å²) in [6.07, 6.45) is -11.8. The second-order valence-corrected chi connectivity index (χ2v) is 2.40. The maximum atomic E-state index is 12.6. The van der Waals surface area contributed by atoms with E-state index in [1.807, 2.05) is 6.58 Å². The lowest BCUT2D eigenvalue weighted by Gasteiger charge is -2.31. The van der Waals surface area contributed by atoms with Gasteiger partial charge in [0, 0.05) is 0 Å². The molecule has 0 aromatic rings. The normalized spacial score (nSPS) is 15.7. The monoisotopic (exact) mass is 273 g/mol. The first-order chi connectivity index (χ1) is 6.84. The van der Waals surface area contributed by atoms with Crippen molar-refractivity contribution in [3.63, 3.8) is 0 Å². The van der Waals surface area contributed by atoms with E-state index in [-0.39, 0.29) is 6.15 Å². The van der Waals surface area contributed by atoms with Crippen molar-refractivity contribution in [1.29, 1.82) is 0 Å². The van der Waals surface area contributed by atoms with E-state index in [2.05, 4.69) is 4.74 Å². The molecule has 0 aliphatic heterocycles. The number of carboxylic acids is 1. The standard InChI is InChI=1S/C6H3F7O3.H3N/c1-2(7)5(9,10)16-4(8,3(14)15)6(11,12)13;/h1H2,(H,14,15);1H3. The summed E-state index contributed by atoms with van der Waals surface area (Å²) in [4.78, 5) is 9.75. The minimum atomic E-state index is -6.37. The number of halogens is 7. The number of alkyl halides is 6. The number of hydrogen-bond donors (Lipinski definition) is 1. The molecule has 1 atom stereocenters. The van der Waals surface area contributed by atoms with Gasteiger partial charge in [-0.2, -0.15) is 26.3 Å². The van der Waals surface area contributed by atoms with Crippen molar-refractivity contribution in [2.75, 3.05) is 0 Å². The van der Waals surface area contributed by atoms with Gasteiger partial charge < -0.3 is 16.1 Å². The highest BCUT2D eigenvalue weighted by atomic mass is 19.4. The van der Waals surface area contributed by atoms with E-state index in [4.69, 9.17) is 0 Å². The molecule has 0 spiro atoms. The number of carbonyl (C=O) groups is 1. The van der Waals surface area contributed by atoms with Gasteiger partial charge in [0.15, 0.2) is 5.83 Å². The first kappa shape index (κ1) is 18.0. The molecule has 4 N–H and O–H groups in total. The van der Waals surface area contributed by atoms with Crippen LogP contribution >= 0.6 is 0 Å². The molecule has 102 valence electrons. The van der Waals surface area contributed by atoms with Crippen LogP contribution < -0.4 is 11.3 Å². The number of quaternary nitrogens is 1. The van der Waals surface area contributed by atoms with E-state index < -0.39 is 29.9 Å². The third-order valence-corrected chi connectivity index (χ3v) is 1.21. The number of hydrogen-bond acceptors (Lipinski definition) is 3. The maximum absolute atomic E-state index is 12.6. The van der Waals surface area contributed by atoms with E-state index in [9.17, 15) is 40.6 Å². The summed E-state index contributed by atoms with van der Waals surface area (Å²) in [5.41, 5.74) is 0. The minimum absolute atomic E-state index is 0. The fraction of sp³-hybridized carbons (Fsp3) is 0.500. The second-order valence-electron chi connectivity index (χ2n) is 2.40. The molecule has 11 heteroatoms. The van der Waals surface area contributed by atoms with Crippen LogP contribution in [-0.4, -0.2) is 24.1 Å². The van der Waals surface area contributed by atoms with Gasteiger partial charge in [0.1, 0.15) is 5.97 Å². The van der Waals surface area contributed by atoms with Crippen molar-refractivity contribution in [3.05, 3.63) is 12.4 Å². The fourth-order valence-corrected chi connectivity index (χ4v) is 0.447. The lowest BCUT2D eigenvalue weighted by Crippen LogP contribution is -2.59. The Labute approximate surface area is 89.2 Å². The van der Waals surface area contributed by atoms with Crippen LogP contribution in [-0.2, 0) is 9.53 Å². The van der Waals surface area contributed by atoms with Gasteiger partial charge in [-0.15, -0.1) is 0 Å². The van der Waals surface area contributed by atoms with Crippen LogP contribution in [0.15, 0.2) is 12.4 Å². The van der Waals surface area contributed by atoms with Gasteiger partial charge in [0.2, 0.25) is 0 Å². The summed E-state index contributed by atoms with van der Waals surface area (Å²) in [7, 11) is 0. The molecule has 0 aliphatic rings. The molecule has 0 aliphatic carbocycles. The average Bonchev–Trinajstić information content (AvgIpc) is 2.00. The number of carbonyl (C=O) groups excluding carboxylic acids is 1. The summed E-state index contributed by atoms with van der Waals surface area (Å²) in [6, 6.07) is 0. The van der Waals surface area contributed by atoms with Crippen molar-refractivity contribution in [2.24, 2.45) is 0 Å². The molecule has 0 rings (SSSR count). The van der Waals surface area contributed by atoms with Gasteiger partial charge in [0.25, 0.3) is 0 Å². The predicted octanol–water partition coefficient (Wildman–Crippen LogP) is 1.43. The van der Waals surface area contributed by atoms with Crippen LogP contribution in [0.2, 0.25) is 0 Å². The molecule has 0 saturated carbocycles. The minimum Gasteiger partial charge on any atom is -0.544 e. The number of ether oxygens (including phenoxy) is 1. The fourth-order valence-electron chi connectivity index (χ4n) is 0.447.